The van der Waals surface area contributed by atoms with E-state index < -0.39 is 20.9 Å². The molecule has 2 aromatic carbocycles. The Kier molecular flexibility index (Phi) is 14.8. The molecule has 3 heterocycles. The van der Waals surface area contributed by atoms with E-state index in [1.165, 1.54) is 19.2 Å². The molecule has 50 heavy (non-hydrogen) atoms. The average Bonchev–Trinajstić information content (AvgIpc) is 3.69. The summed E-state index contributed by atoms with van der Waals surface area (Å²) in [6.45, 7) is 3.42. The SMILES string of the molecule is C=CCc1ccc(Cl)nc1C1=Cc2c(F)cccc2C1.CN=O.OCC(O)Cc1ccc(Cl)nc1-c1cc2c(F)cccc2[nH]1.[O]=[Os](=[O])(=[O])=[O]. The molecular weight excluding hydrogens is 876 g/mol. The van der Waals surface area contributed by atoms with Gasteiger partial charge in [-0.1, -0.05) is 64.8 Å². The van der Waals surface area contributed by atoms with Crippen molar-refractivity contribution in [3.8, 4) is 11.4 Å². The average molecular weight is 906 g/mol. The van der Waals surface area contributed by atoms with Crippen molar-refractivity contribution in [2.45, 2.75) is 25.4 Å². The van der Waals surface area contributed by atoms with Gasteiger partial charge in [-0.15, -0.1) is 6.58 Å². The molecule has 3 N–H and O–H groups in total. The van der Waals surface area contributed by atoms with E-state index in [0.717, 1.165) is 34.4 Å². The standard InChI is InChI=1S/C17H13ClFN.C16H14ClFN2O2.CH3NO.4O.Os/c1-2-4-11-7-8-16(18)20-17(11)13-9-12-5-3-6-15(19)14(12)10-13;17-15-5-4-9(6-10(22)8-21)16(20-15)14-7-11-12(18)2-1-3-13(11)19-14;1-2-3;;;;;/h2-3,5-8,10H,1,4,9H2;1-5,7,10,19,21-22H,6,8H2;1H3;;;;;. The summed E-state index contributed by atoms with van der Waals surface area (Å²) in [6, 6.07) is 18.7. The molecule has 0 saturated heterocycles. The summed E-state index contributed by atoms with van der Waals surface area (Å²) in [5.41, 5.74) is 7.09. The number of aliphatic hydroxyl groups is 2. The van der Waals surface area contributed by atoms with Gasteiger partial charge in [-0.2, -0.15) is 4.91 Å². The van der Waals surface area contributed by atoms with Gasteiger partial charge >= 0.3 is 29.0 Å². The topological polar surface area (TPSA) is 180 Å². The number of hydrogen-bond donors (Lipinski definition) is 3. The van der Waals surface area contributed by atoms with Crippen LogP contribution in [0.1, 0.15) is 27.9 Å². The summed E-state index contributed by atoms with van der Waals surface area (Å²) in [7, 11) is 1.19. The normalized spacial score (nSPS) is 12.2. The zero-order chi connectivity index (χ0) is 37.0. The van der Waals surface area contributed by atoms with Gasteiger partial charge in [-0.05, 0) is 71.2 Å². The second-order valence-corrected chi connectivity index (χ2v) is 13.7. The zero-order valence-electron chi connectivity index (χ0n) is 26.3. The van der Waals surface area contributed by atoms with E-state index in [2.05, 4.69) is 26.7 Å². The zero-order valence-corrected chi connectivity index (χ0v) is 30.3. The van der Waals surface area contributed by atoms with Crippen LogP contribution in [0.2, 0.25) is 10.3 Å². The first-order valence-corrected chi connectivity index (χ1v) is 19.3. The Bertz CT molecular complexity index is 2250. The van der Waals surface area contributed by atoms with Crippen LogP contribution in [-0.4, -0.2) is 44.9 Å². The first-order valence-electron chi connectivity index (χ1n) is 14.4. The molecule has 1 aliphatic carbocycles. The molecule has 1 unspecified atom stereocenters. The number of aromatic nitrogens is 3. The Balaban J connectivity index is 0.000000224. The molecule has 0 aliphatic heterocycles. The maximum absolute atomic E-state index is 13.8. The van der Waals surface area contributed by atoms with E-state index in [4.69, 9.17) is 47.4 Å². The number of halogens is 4. The molecule has 6 rings (SSSR count). The molecule has 0 bridgehead atoms. The van der Waals surface area contributed by atoms with Crippen molar-refractivity contribution >= 4 is 45.8 Å². The summed E-state index contributed by atoms with van der Waals surface area (Å²) < 4.78 is 62.1. The first kappa shape index (κ1) is 40.0. The number of rotatable bonds is 7. The van der Waals surface area contributed by atoms with Crippen molar-refractivity contribution in [3.63, 3.8) is 0 Å². The summed E-state index contributed by atoms with van der Waals surface area (Å²) in [5, 5.41) is 22.1. The molecule has 0 radical (unpaired) electrons. The Morgan fingerprint density at radius 2 is 1.54 bits per heavy atom. The predicted molar refractivity (Wildman–Crippen MR) is 179 cm³/mol. The molecule has 1 aliphatic rings. The molecule has 5 aromatic rings. The number of nitroso groups, excluding NO2 is 1. The van der Waals surface area contributed by atoms with Gasteiger partial charge in [0.05, 0.1) is 36.8 Å². The number of aliphatic hydroxyl groups excluding tert-OH is 2. The quantitative estimate of drug-likeness (QED) is 0.0846. The van der Waals surface area contributed by atoms with Crippen LogP contribution < -0.4 is 0 Å². The molecule has 11 nitrogen and oxygen atoms in total. The van der Waals surface area contributed by atoms with Crippen molar-refractivity contribution in [1.82, 2.24) is 15.0 Å². The van der Waals surface area contributed by atoms with Gasteiger partial charge in [0.25, 0.3) is 0 Å². The number of benzene rings is 2. The van der Waals surface area contributed by atoms with E-state index >= 15 is 0 Å². The molecule has 3 aromatic heterocycles. The monoisotopic (exact) mass is 906 g/mol. The van der Waals surface area contributed by atoms with Gasteiger partial charge in [0, 0.05) is 29.3 Å². The van der Waals surface area contributed by atoms with Crippen LogP contribution in [0.25, 0.3) is 33.9 Å². The van der Waals surface area contributed by atoms with Crippen LogP contribution >= 0.6 is 23.2 Å². The van der Waals surface area contributed by atoms with Crippen LogP contribution in [0.4, 0.5) is 8.78 Å². The molecule has 16 heteroatoms. The second-order valence-electron chi connectivity index (χ2n) is 10.4. The third-order valence-corrected chi connectivity index (χ3v) is 7.35. The summed E-state index contributed by atoms with van der Waals surface area (Å²) in [5.74, 6) is -0.510. The van der Waals surface area contributed by atoms with Gasteiger partial charge in [-0.25, -0.2) is 18.7 Å². The van der Waals surface area contributed by atoms with Crippen LogP contribution in [0.5, 0.6) is 0 Å². The number of H-pyrrole nitrogens is 1. The third-order valence-electron chi connectivity index (χ3n) is 6.93. The Labute approximate surface area is 297 Å². The summed E-state index contributed by atoms with van der Waals surface area (Å²) in [6.07, 6.45) is 4.45. The molecule has 0 amide bonds. The van der Waals surface area contributed by atoms with Crippen molar-refractivity contribution in [2.75, 3.05) is 13.7 Å². The van der Waals surface area contributed by atoms with Gasteiger partial charge in [-0.3, -0.25) is 0 Å². The second kappa shape index (κ2) is 18.5. The summed E-state index contributed by atoms with van der Waals surface area (Å²) >= 11 is 5.90. The van der Waals surface area contributed by atoms with Gasteiger partial charge in [0.15, 0.2) is 0 Å². The van der Waals surface area contributed by atoms with E-state index in [9.17, 15) is 13.9 Å². The number of pyridine rings is 2. The number of hydrogen-bond acceptors (Lipinski definition) is 10. The van der Waals surface area contributed by atoms with Crippen LogP contribution in [-0.2, 0) is 48.3 Å². The molecular formula is C34H30Cl2F2N4O7Os. The predicted octanol–water partition coefficient (Wildman–Crippen LogP) is 7.52. The number of aromatic amines is 1. The van der Waals surface area contributed by atoms with Crippen molar-refractivity contribution in [3.05, 3.63) is 134 Å². The molecule has 264 valence electrons. The molecule has 0 fully saturated rings. The van der Waals surface area contributed by atoms with E-state index in [-0.39, 0.29) is 24.7 Å². The van der Waals surface area contributed by atoms with Crippen LogP contribution in [0.15, 0.2) is 84.6 Å². The van der Waals surface area contributed by atoms with Crippen LogP contribution in [0.3, 0.4) is 0 Å². The van der Waals surface area contributed by atoms with Crippen molar-refractivity contribution < 1.29 is 48.0 Å². The number of nitrogens with one attached hydrogen (secondary N) is 1. The van der Waals surface area contributed by atoms with Crippen LogP contribution in [0, 0.1) is 16.5 Å². The molecule has 1 atom stereocenters. The van der Waals surface area contributed by atoms with Gasteiger partial charge in [0.2, 0.25) is 0 Å². The van der Waals surface area contributed by atoms with Gasteiger partial charge in [0.1, 0.15) is 21.9 Å². The third kappa shape index (κ3) is 11.6. The maximum atomic E-state index is 13.8. The number of allylic oxidation sites excluding steroid dienone is 2. The fourth-order valence-electron chi connectivity index (χ4n) is 4.97. The van der Waals surface area contributed by atoms with Crippen molar-refractivity contribution in [1.29, 1.82) is 0 Å². The van der Waals surface area contributed by atoms with E-state index in [1.54, 1.807) is 42.5 Å². The van der Waals surface area contributed by atoms with E-state index in [0.29, 0.717) is 44.6 Å². The Hall–Kier alpha value is -4.44. The fourth-order valence-corrected chi connectivity index (χ4v) is 5.26. The number of nitrogens with zero attached hydrogens (tertiary/aromatic N) is 3. The Morgan fingerprint density at radius 1 is 0.960 bits per heavy atom. The summed E-state index contributed by atoms with van der Waals surface area (Å²) in [4.78, 5) is 20.3. The molecule has 0 saturated carbocycles. The first-order chi connectivity index (χ1) is 23.7. The Morgan fingerprint density at radius 3 is 2.12 bits per heavy atom. The minimum absolute atomic E-state index is 0.190. The fraction of sp³-hybridized carbons (Fsp3) is 0.176. The molecule has 0 spiro atoms. The minimum atomic E-state index is -6.06. The van der Waals surface area contributed by atoms with Crippen molar-refractivity contribution in [2.24, 2.45) is 5.18 Å². The van der Waals surface area contributed by atoms with E-state index in [1.807, 2.05) is 24.3 Å². The number of fused-ring (bicyclic) bond motifs is 2. The van der Waals surface area contributed by atoms with Gasteiger partial charge < -0.3 is 15.2 Å².